The largest absolute Gasteiger partial charge is 0.490 e. The van der Waals surface area contributed by atoms with Gasteiger partial charge in [-0.25, -0.2) is 0 Å². The first-order valence-corrected chi connectivity index (χ1v) is 32.8. The summed E-state index contributed by atoms with van der Waals surface area (Å²) in [6.45, 7) is 35.4. The summed E-state index contributed by atoms with van der Waals surface area (Å²) in [7, 11) is 0. The van der Waals surface area contributed by atoms with Crippen molar-refractivity contribution in [1.82, 2.24) is 19.6 Å². The lowest BCUT2D eigenvalue weighted by Gasteiger charge is -2.43. The summed E-state index contributed by atoms with van der Waals surface area (Å²) in [6.07, 6.45) is 6.63. The minimum absolute atomic E-state index is 0.198. The Balaban J connectivity index is 0.000000216. The van der Waals surface area contributed by atoms with E-state index in [1.54, 1.807) is 36.4 Å². The van der Waals surface area contributed by atoms with E-state index in [1.165, 1.54) is 98.3 Å². The van der Waals surface area contributed by atoms with Gasteiger partial charge in [-0.3, -0.25) is 14.7 Å². The molecule has 90 heavy (non-hydrogen) atoms. The van der Waals surface area contributed by atoms with Crippen LogP contribution >= 0.6 is 0 Å². The number of para-hydroxylation sites is 1. The molecule has 4 aliphatic rings. The highest BCUT2D eigenvalue weighted by Crippen LogP contribution is 2.40. The predicted molar refractivity (Wildman–Crippen MR) is 350 cm³/mol. The standard InChI is InChI=1S/C27H34F3NO.C26H39F3N2.C22H32F3NO/c1-20(2)18-23(19-26(3,4)21-10-12-22(13-11-21)27(28,29)30)31-16-14-25(15-17-31)32-24-8-6-5-7-9-24;1-20(2)18-24(31-16-12-23(13-17-31)30-14-6-5-7-15-30)19-25(3,4)21-8-10-22(11-9-21)26(27,28)29;1-16(2)14-19(26-12-10-21(5,27)11-13-26)15-20(3,4)17-6-8-18(9-7-17)22(23,24)25/h5-13,18,23,25H,14-17,19H2,1-4H3;8-11,18,23-24H,5-7,12-17,19H2,1-4H3;6-9,14,19,27H,10-13,15H2,1-5H3. The van der Waals surface area contributed by atoms with Gasteiger partial charge in [-0.15, -0.1) is 0 Å². The minimum Gasteiger partial charge on any atom is -0.490 e. The summed E-state index contributed by atoms with van der Waals surface area (Å²) >= 11 is 0. The number of rotatable bonds is 18. The van der Waals surface area contributed by atoms with Crippen molar-refractivity contribution in [2.75, 3.05) is 52.4 Å². The first-order chi connectivity index (χ1) is 41.9. The van der Waals surface area contributed by atoms with Gasteiger partial charge in [0, 0.05) is 63.4 Å². The van der Waals surface area contributed by atoms with Gasteiger partial charge in [-0.2, -0.15) is 39.5 Å². The number of halogens is 9. The molecule has 6 nitrogen and oxygen atoms in total. The number of alkyl halides is 9. The second kappa shape index (κ2) is 31.8. The lowest BCUT2D eigenvalue weighted by molar-refractivity contribution is -0.138. The number of nitrogens with zero attached hydrogens (tertiary/aromatic N) is 4. The molecule has 8 rings (SSSR count). The van der Waals surface area contributed by atoms with Crippen molar-refractivity contribution in [2.24, 2.45) is 0 Å². The molecule has 0 radical (unpaired) electrons. The van der Waals surface area contributed by atoms with E-state index in [4.69, 9.17) is 4.74 Å². The smallest absolute Gasteiger partial charge is 0.416 e. The number of benzene rings is 4. The van der Waals surface area contributed by atoms with Crippen LogP contribution in [0.15, 0.2) is 138 Å². The van der Waals surface area contributed by atoms with Crippen LogP contribution in [0.2, 0.25) is 0 Å². The van der Waals surface area contributed by atoms with Crippen molar-refractivity contribution in [3.8, 4) is 5.75 Å². The molecule has 4 heterocycles. The van der Waals surface area contributed by atoms with Crippen LogP contribution in [-0.4, -0.2) is 113 Å². The Bertz CT molecular complexity index is 2860. The third-order valence-corrected chi connectivity index (χ3v) is 18.9. The number of aliphatic hydroxyl groups is 1. The monoisotopic (exact) mass is 1260 g/mol. The first kappa shape index (κ1) is 74.1. The molecule has 0 aromatic heterocycles. The van der Waals surface area contributed by atoms with E-state index in [1.807, 2.05) is 37.3 Å². The van der Waals surface area contributed by atoms with Gasteiger partial charge >= 0.3 is 18.5 Å². The molecule has 15 heteroatoms. The molecule has 0 bridgehead atoms. The predicted octanol–water partition coefficient (Wildman–Crippen LogP) is 19.5. The van der Waals surface area contributed by atoms with Crippen molar-refractivity contribution in [2.45, 2.75) is 238 Å². The van der Waals surface area contributed by atoms with Crippen LogP contribution in [0.3, 0.4) is 0 Å². The Labute approximate surface area is 534 Å². The normalized spacial score (nSPS) is 19.2. The van der Waals surface area contributed by atoms with E-state index in [0.29, 0.717) is 12.1 Å². The van der Waals surface area contributed by atoms with Crippen LogP contribution in [-0.2, 0) is 34.8 Å². The van der Waals surface area contributed by atoms with Crippen molar-refractivity contribution in [1.29, 1.82) is 0 Å². The van der Waals surface area contributed by atoms with Gasteiger partial charge < -0.3 is 14.7 Å². The van der Waals surface area contributed by atoms with E-state index in [2.05, 4.69) is 121 Å². The number of hydrogen-bond acceptors (Lipinski definition) is 6. The van der Waals surface area contributed by atoms with Crippen LogP contribution in [0, 0.1) is 0 Å². The van der Waals surface area contributed by atoms with Crippen LogP contribution in [0.5, 0.6) is 5.75 Å². The second-order valence-electron chi connectivity index (χ2n) is 29.0. The van der Waals surface area contributed by atoms with E-state index in [0.717, 1.165) is 107 Å². The van der Waals surface area contributed by atoms with Gasteiger partial charge in [-0.1, -0.05) is 138 Å². The fraction of sp³-hybridized carbons (Fsp3) is 0.600. The number of ether oxygens (including phenoxy) is 1. The number of hydrogen-bond donors (Lipinski definition) is 1. The summed E-state index contributed by atoms with van der Waals surface area (Å²) < 4.78 is 122. The molecule has 0 amide bonds. The molecule has 4 saturated heterocycles. The van der Waals surface area contributed by atoms with Gasteiger partial charge in [0.25, 0.3) is 0 Å². The molecule has 4 aromatic rings. The Hall–Kier alpha value is -4.93. The van der Waals surface area contributed by atoms with Crippen LogP contribution in [0.1, 0.15) is 200 Å². The number of piperidine rings is 4. The highest BCUT2D eigenvalue weighted by Gasteiger charge is 2.38. The molecule has 3 atom stereocenters. The molecule has 4 aromatic carbocycles. The highest BCUT2D eigenvalue weighted by atomic mass is 19.4. The average molecular weight is 1270 g/mol. The molecule has 0 saturated carbocycles. The summed E-state index contributed by atoms with van der Waals surface area (Å²) in [5.74, 6) is 0.912. The Kier molecular flexibility index (Phi) is 26.2. The third kappa shape index (κ3) is 23.0. The molecule has 4 fully saturated rings. The number of likely N-dealkylation sites (tertiary alicyclic amines) is 4. The van der Waals surface area contributed by atoms with E-state index in [-0.39, 0.29) is 34.4 Å². The summed E-state index contributed by atoms with van der Waals surface area (Å²) in [4.78, 5) is 10.2. The Morgan fingerprint density at radius 3 is 1.06 bits per heavy atom. The van der Waals surface area contributed by atoms with Crippen molar-refractivity contribution >= 4 is 0 Å². The van der Waals surface area contributed by atoms with Crippen molar-refractivity contribution < 1.29 is 49.4 Å². The van der Waals surface area contributed by atoms with Gasteiger partial charge in [0.2, 0.25) is 0 Å². The molecule has 1 N–H and O–H groups in total. The molecule has 500 valence electrons. The lowest BCUT2D eigenvalue weighted by Crippen LogP contribution is -2.49. The summed E-state index contributed by atoms with van der Waals surface area (Å²) in [5.41, 5.74) is 3.47. The number of allylic oxidation sites excluding steroid dienone is 3. The van der Waals surface area contributed by atoms with Crippen molar-refractivity contribution in [3.05, 3.63) is 171 Å². The maximum Gasteiger partial charge on any atom is 0.416 e. The minimum atomic E-state index is -4.31. The molecular formula is C75H105F9N4O2. The zero-order valence-electron chi connectivity index (χ0n) is 56.1. The highest BCUT2D eigenvalue weighted by molar-refractivity contribution is 5.33. The van der Waals surface area contributed by atoms with Crippen LogP contribution < -0.4 is 4.74 Å². The van der Waals surface area contributed by atoms with Crippen LogP contribution in [0.4, 0.5) is 39.5 Å². The zero-order chi connectivity index (χ0) is 66.5. The van der Waals surface area contributed by atoms with Gasteiger partial charge in [0.05, 0.1) is 22.3 Å². The second-order valence-corrected chi connectivity index (χ2v) is 29.0. The maximum absolute atomic E-state index is 13.0. The lowest BCUT2D eigenvalue weighted by atomic mass is 9.77. The SMILES string of the molecule is CC(C)=CC(CC(C)(C)c1ccc(C(F)(F)F)cc1)N1CCC(C)(O)CC1.CC(C)=CC(CC(C)(C)c1ccc(C(F)(F)F)cc1)N1CCC(N2CCCCC2)CC1.CC(C)=CC(CC(C)(C)c1ccc(C(F)(F)F)cc1)N1CCC(Oc2ccccc2)CC1. The van der Waals surface area contributed by atoms with Crippen LogP contribution in [0.25, 0.3) is 0 Å². The first-order valence-electron chi connectivity index (χ1n) is 32.8. The Morgan fingerprint density at radius 2 is 0.744 bits per heavy atom. The molecular weight excluding hydrogens is 1160 g/mol. The van der Waals surface area contributed by atoms with Gasteiger partial charge in [0.15, 0.2) is 0 Å². The molecule has 4 aliphatic heterocycles. The summed E-state index contributed by atoms with van der Waals surface area (Å²) in [6, 6.07) is 28.3. The molecule has 0 aliphatic carbocycles. The molecule has 3 unspecified atom stereocenters. The van der Waals surface area contributed by atoms with Crippen molar-refractivity contribution in [3.63, 3.8) is 0 Å². The van der Waals surface area contributed by atoms with Gasteiger partial charge in [0.1, 0.15) is 11.9 Å². The topological polar surface area (TPSA) is 42.4 Å². The van der Waals surface area contributed by atoms with E-state index < -0.39 is 40.8 Å². The van der Waals surface area contributed by atoms with E-state index in [9.17, 15) is 44.6 Å². The van der Waals surface area contributed by atoms with E-state index >= 15 is 0 Å². The average Bonchev–Trinajstić information content (AvgIpc) is 1.36. The zero-order valence-corrected chi connectivity index (χ0v) is 56.1. The summed E-state index contributed by atoms with van der Waals surface area (Å²) in [5, 5.41) is 10.2. The fourth-order valence-electron chi connectivity index (χ4n) is 13.5. The maximum atomic E-state index is 13.0. The Morgan fingerprint density at radius 1 is 0.444 bits per heavy atom. The third-order valence-electron chi connectivity index (χ3n) is 18.9. The quantitative estimate of drug-likeness (QED) is 0.0791. The van der Waals surface area contributed by atoms with Gasteiger partial charge in [-0.05, 0) is 214 Å². The fourth-order valence-corrected chi connectivity index (χ4v) is 13.5. The molecule has 0 spiro atoms.